The maximum atomic E-state index is 13.9. The van der Waals surface area contributed by atoms with Crippen molar-refractivity contribution < 1.29 is 4.39 Å². The van der Waals surface area contributed by atoms with E-state index < -0.39 is 0 Å². The van der Waals surface area contributed by atoms with Crippen LogP contribution in [0.2, 0.25) is 0 Å². The Morgan fingerprint density at radius 1 is 1.44 bits per heavy atom. The number of aryl methyl sites for hydroxylation is 2. The smallest absolute Gasteiger partial charge is 0.161 e. The van der Waals surface area contributed by atoms with E-state index in [0.29, 0.717) is 16.5 Å². The van der Waals surface area contributed by atoms with Gasteiger partial charge in [0, 0.05) is 11.1 Å². The molecule has 2 rings (SSSR count). The number of H-pyrrole nitrogens is 1. The van der Waals surface area contributed by atoms with Gasteiger partial charge in [-0.1, -0.05) is 0 Å². The Kier molecular flexibility index (Phi) is 3.04. The first-order chi connectivity index (χ1) is 7.56. The van der Waals surface area contributed by atoms with Gasteiger partial charge in [0.1, 0.15) is 0 Å². The highest BCUT2D eigenvalue weighted by Gasteiger charge is 2.15. The van der Waals surface area contributed by atoms with E-state index in [1.807, 2.05) is 19.9 Å². The number of nitrogens with one attached hydrogen (secondary N) is 1. The molecule has 4 heteroatoms. The molecule has 2 nitrogen and oxygen atoms in total. The second-order valence-corrected chi connectivity index (χ2v) is 4.86. The number of fused-ring (bicyclic) bond motifs is 1. The maximum Gasteiger partial charge on any atom is 0.161 e. The summed E-state index contributed by atoms with van der Waals surface area (Å²) >= 11 is 3.22. The molecule has 0 unspecified atom stereocenters. The second-order valence-electron chi connectivity index (χ2n) is 4.01. The van der Waals surface area contributed by atoms with Crippen LogP contribution in [0.5, 0.6) is 0 Å². The summed E-state index contributed by atoms with van der Waals surface area (Å²) in [5.41, 5.74) is 9.35. The van der Waals surface area contributed by atoms with Gasteiger partial charge < -0.3 is 10.7 Å². The maximum absolute atomic E-state index is 13.9. The molecule has 0 atom stereocenters. The van der Waals surface area contributed by atoms with Gasteiger partial charge in [0.25, 0.3) is 0 Å². The van der Waals surface area contributed by atoms with Crippen molar-refractivity contribution in [3.8, 4) is 0 Å². The quantitative estimate of drug-likeness (QED) is 0.874. The van der Waals surface area contributed by atoms with E-state index in [-0.39, 0.29) is 5.82 Å². The Hall–Kier alpha value is -0.870. The van der Waals surface area contributed by atoms with Gasteiger partial charge in [0.05, 0.1) is 9.99 Å². The zero-order valence-corrected chi connectivity index (χ0v) is 10.9. The van der Waals surface area contributed by atoms with E-state index in [9.17, 15) is 4.39 Å². The number of hydrogen-bond acceptors (Lipinski definition) is 1. The normalized spacial score (nSPS) is 11.3. The third kappa shape index (κ3) is 1.66. The summed E-state index contributed by atoms with van der Waals surface area (Å²) in [4.78, 5) is 3.10. The number of aromatic amines is 1. The third-order valence-electron chi connectivity index (χ3n) is 2.88. The van der Waals surface area contributed by atoms with Crippen molar-refractivity contribution >= 4 is 26.8 Å². The van der Waals surface area contributed by atoms with Crippen molar-refractivity contribution in [2.45, 2.75) is 20.3 Å². The van der Waals surface area contributed by atoms with E-state index in [1.54, 1.807) is 0 Å². The van der Waals surface area contributed by atoms with Gasteiger partial charge in [-0.25, -0.2) is 4.39 Å². The average molecular weight is 285 g/mol. The molecule has 0 saturated heterocycles. The molecule has 0 radical (unpaired) electrons. The van der Waals surface area contributed by atoms with Crippen molar-refractivity contribution in [1.29, 1.82) is 0 Å². The highest BCUT2D eigenvalue weighted by atomic mass is 79.9. The summed E-state index contributed by atoms with van der Waals surface area (Å²) in [6.07, 6.45) is 0.772. The molecule has 1 heterocycles. The summed E-state index contributed by atoms with van der Waals surface area (Å²) < 4.78 is 14.4. The van der Waals surface area contributed by atoms with Crippen LogP contribution < -0.4 is 5.73 Å². The molecule has 0 saturated carbocycles. The molecule has 16 heavy (non-hydrogen) atoms. The fourth-order valence-corrected chi connectivity index (χ4v) is 2.71. The van der Waals surface area contributed by atoms with E-state index in [2.05, 4.69) is 20.9 Å². The lowest BCUT2D eigenvalue weighted by Crippen LogP contribution is -2.03. The molecule has 0 bridgehead atoms. The Bertz CT molecular complexity index is 546. The molecule has 1 aromatic heterocycles. The summed E-state index contributed by atoms with van der Waals surface area (Å²) in [5, 5.41) is 0.976. The highest BCUT2D eigenvalue weighted by molar-refractivity contribution is 9.10. The first-order valence-electron chi connectivity index (χ1n) is 5.22. The molecule has 3 N–H and O–H groups in total. The van der Waals surface area contributed by atoms with Gasteiger partial charge in [-0.15, -0.1) is 0 Å². The van der Waals surface area contributed by atoms with Gasteiger partial charge in [0.15, 0.2) is 5.82 Å². The molecule has 2 aromatic rings. The number of nitrogens with two attached hydrogens (primary N) is 1. The largest absolute Gasteiger partial charge is 0.356 e. The van der Waals surface area contributed by atoms with Crippen LogP contribution in [0, 0.1) is 19.7 Å². The fourth-order valence-electron chi connectivity index (χ4n) is 2.17. The van der Waals surface area contributed by atoms with Crippen molar-refractivity contribution in [1.82, 2.24) is 4.98 Å². The number of rotatable bonds is 2. The lowest BCUT2D eigenvalue weighted by Gasteiger charge is -2.04. The van der Waals surface area contributed by atoms with E-state index in [4.69, 9.17) is 5.73 Å². The lowest BCUT2D eigenvalue weighted by atomic mass is 10.0. The topological polar surface area (TPSA) is 41.8 Å². The minimum Gasteiger partial charge on any atom is -0.356 e. The molecule has 0 aliphatic heterocycles. The van der Waals surface area contributed by atoms with Crippen LogP contribution in [-0.2, 0) is 6.42 Å². The SMILES string of the molecule is Cc1[nH]c2c(F)c(Br)cc(C)c2c1CCN. The predicted molar refractivity (Wildman–Crippen MR) is 68.2 cm³/mol. The van der Waals surface area contributed by atoms with Gasteiger partial charge in [0.2, 0.25) is 0 Å². The number of benzene rings is 1. The van der Waals surface area contributed by atoms with Crippen molar-refractivity contribution in [2.24, 2.45) is 5.73 Å². The Balaban J connectivity index is 2.83. The summed E-state index contributed by atoms with van der Waals surface area (Å²) in [7, 11) is 0. The average Bonchev–Trinajstić information content (AvgIpc) is 2.54. The van der Waals surface area contributed by atoms with Crippen LogP contribution in [0.3, 0.4) is 0 Å². The van der Waals surface area contributed by atoms with Crippen molar-refractivity contribution in [3.05, 3.63) is 33.2 Å². The molecular formula is C12H14BrFN2. The van der Waals surface area contributed by atoms with Gasteiger partial charge >= 0.3 is 0 Å². The first-order valence-corrected chi connectivity index (χ1v) is 6.01. The number of hydrogen-bond donors (Lipinski definition) is 2. The molecule has 0 fully saturated rings. The van der Waals surface area contributed by atoms with Gasteiger partial charge in [-0.2, -0.15) is 0 Å². The minimum absolute atomic E-state index is 0.230. The Morgan fingerprint density at radius 2 is 2.12 bits per heavy atom. The van der Waals surface area contributed by atoms with Crippen LogP contribution in [0.25, 0.3) is 10.9 Å². The van der Waals surface area contributed by atoms with E-state index in [0.717, 1.165) is 28.6 Å². The van der Waals surface area contributed by atoms with Crippen LogP contribution in [0.1, 0.15) is 16.8 Å². The molecule has 0 aliphatic rings. The summed E-state index contributed by atoms with van der Waals surface area (Å²) in [6, 6.07) is 1.81. The standard InChI is InChI=1S/C12H14BrFN2/c1-6-5-9(13)11(14)12-10(6)8(3-4-15)7(2)16-12/h5,16H,3-4,15H2,1-2H3. The van der Waals surface area contributed by atoms with Crippen LogP contribution in [0.15, 0.2) is 10.5 Å². The predicted octanol–water partition coefficient (Wildman–Crippen LogP) is 3.19. The van der Waals surface area contributed by atoms with Crippen LogP contribution in [0.4, 0.5) is 4.39 Å². The molecule has 86 valence electrons. The van der Waals surface area contributed by atoms with Gasteiger partial charge in [-0.3, -0.25) is 0 Å². The van der Waals surface area contributed by atoms with Crippen LogP contribution in [-0.4, -0.2) is 11.5 Å². The molecule has 1 aromatic carbocycles. The Morgan fingerprint density at radius 3 is 2.75 bits per heavy atom. The molecular weight excluding hydrogens is 271 g/mol. The second kappa shape index (κ2) is 4.18. The van der Waals surface area contributed by atoms with Gasteiger partial charge in [-0.05, 0) is 59.9 Å². The molecule has 0 aliphatic carbocycles. The Labute approximate surface area is 102 Å². The van der Waals surface area contributed by atoms with Crippen molar-refractivity contribution in [3.63, 3.8) is 0 Å². The highest BCUT2D eigenvalue weighted by Crippen LogP contribution is 2.32. The number of halogens is 2. The monoisotopic (exact) mass is 284 g/mol. The third-order valence-corrected chi connectivity index (χ3v) is 3.46. The van der Waals surface area contributed by atoms with E-state index >= 15 is 0 Å². The van der Waals surface area contributed by atoms with E-state index in [1.165, 1.54) is 0 Å². The van der Waals surface area contributed by atoms with Crippen molar-refractivity contribution in [2.75, 3.05) is 6.54 Å². The molecule has 0 amide bonds. The zero-order chi connectivity index (χ0) is 11.9. The minimum atomic E-state index is -0.230. The lowest BCUT2D eigenvalue weighted by molar-refractivity contribution is 0.630. The number of aromatic nitrogens is 1. The zero-order valence-electron chi connectivity index (χ0n) is 9.32. The summed E-state index contributed by atoms with van der Waals surface area (Å²) in [5.74, 6) is -0.230. The first kappa shape index (κ1) is 11.6. The molecule has 0 spiro atoms. The summed E-state index contributed by atoms with van der Waals surface area (Å²) in [6.45, 7) is 4.52. The fraction of sp³-hybridized carbons (Fsp3) is 0.333. The van der Waals surface area contributed by atoms with Crippen LogP contribution >= 0.6 is 15.9 Å².